The van der Waals surface area contributed by atoms with E-state index in [0.717, 1.165) is 11.3 Å². The highest BCUT2D eigenvalue weighted by molar-refractivity contribution is 6.05. The van der Waals surface area contributed by atoms with E-state index in [1.165, 1.54) is 6.20 Å². The van der Waals surface area contributed by atoms with E-state index in [0.29, 0.717) is 17.0 Å². The molecule has 0 saturated heterocycles. The summed E-state index contributed by atoms with van der Waals surface area (Å²) in [7, 11) is 1.57. The Bertz CT molecular complexity index is 575. The monoisotopic (exact) mass is 245 g/mol. The molecular weight excluding hydrogens is 230 g/mol. The molecule has 0 spiro atoms. The maximum Gasteiger partial charge on any atom is 0.259 e. The first-order chi connectivity index (χ1) is 8.61. The molecule has 0 atom stereocenters. The molecule has 5 heteroatoms. The fraction of sp³-hybridized carbons (Fsp3) is 0.231. The van der Waals surface area contributed by atoms with Crippen LogP contribution in [0.2, 0.25) is 0 Å². The summed E-state index contributed by atoms with van der Waals surface area (Å²) in [6.07, 6.45) is 1.51. The first kappa shape index (κ1) is 12.2. The van der Waals surface area contributed by atoms with Crippen LogP contribution in [-0.4, -0.2) is 23.2 Å². The number of hydrogen-bond donors (Lipinski definition) is 2. The third-order valence-corrected chi connectivity index (χ3v) is 2.68. The van der Waals surface area contributed by atoms with Crippen molar-refractivity contribution < 1.29 is 9.53 Å². The first-order valence-corrected chi connectivity index (χ1v) is 5.58. The number of H-pyrrole nitrogens is 1. The molecule has 0 bridgehead atoms. The molecular formula is C13H15N3O2. The zero-order chi connectivity index (χ0) is 13.1. The van der Waals surface area contributed by atoms with Crippen molar-refractivity contribution in [2.75, 3.05) is 12.4 Å². The topological polar surface area (TPSA) is 67.0 Å². The highest BCUT2D eigenvalue weighted by Gasteiger charge is 2.13. The molecule has 18 heavy (non-hydrogen) atoms. The van der Waals surface area contributed by atoms with Gasteiger partial charge >= 0.3 is 0 Å². The van der Waals surface area contributed by atoms with Gasteiger partial charge in [-0.1, -0.05) is 6.07 Å². The van der Waals surface area contributed by atoms with Crippen molar-refractivity contribution in [3.63, 3.8) is 0 Å². The van der Waals surface area contributed by atoms with Crippen LogP contribution in [0.15, 0.2) is 24.4 Å². The van der Waals surface area contributed by atoms with Gasteiger partial charge in [-0.3, -0.25) is 9.89 Å². The van der Waals surface area contributed by atoms with Gasteiger partial charge in [-0.15, -0.1) is 0 Å². The molecule has 1 heterocycles. The lowest BCUT2D eigenvalue weighted by Gasteiger charge is -2.10. The summed E-state index contributed by atoms with van der Waals surface area (Å²) in [4.78, 5) is 12.0. The Morgan fingerprint density at radius 3 is 2.78 bits per heavy atom. The standard InChI is InChI=1S/C13H15N3O2/c1-8-4-5-12(18-3)11(6-8)15-13(17)10-7-14-16-9(10)2/h4-7H,1-3H3,(H,14,16)(H,15,17). The number of anilines is 1. The van der Waals surface area contributed by atoms with E-state index in [2.05, 4.69) is 15.5 Å². The Morgan fingerprint density at radius 1 is 1.39 bits per heavy atom. The van der Waals surface area contributed by atoms with Crippen LogP contribution in [0.1, 0.15) is 21.6 Å². The van der Waals surface area contributed by atoms with Crippen LogP contribution in [0.4, 0.5) is 5.69 Å². The SMILES string of the molecule is COc1ccc(C)cc1NC(=O)c1cn[nH]c1C. The van der Waals surface area contributed by atoms with E-state index in [4.69, 9.17) is 4.74 Å². The summed E-state index contributed by atoms with van der Waals surface area (Å²) < 4.78 is 5.21. The van der Waals surface area contributed by atoms with Crippen molar-refractivity contribution in [3.05, 3.63) is 41.2 Å². The molecule has 1 aromatic carbocycles. The molecule has 1 amide bonds. The molecule has 2 aromatic rings. The first-order valence-electron chi connectivity index (χ1n) is 5.58. The van der Waals surface area contributed by atoms with E-state index < -0.39 is 0 Å². The second-order valence-corrected chi connectivity index (χ2v) is 4.07. The minimum atomic E-state index is -0.204. The molecule has 0 aliphatic rings. The predicted octanol–water partition coefficient (Wildman–Crippen LogP) is 2.29. The number of ether oxygens (including phenoxy) is 1. The lowest BCUT2D eigenvalue weighted by atomic mass is 10.2. The second kappa shape index (κ2) is 4.91. The van der Waals surface area contributed by atoms with Crippen molar-refractivity contribution in [1.82, 2.24) is 10.2 Å². The number of rotatable bonds is 3. The summed E-state index contributed by atoms with van der Waals surface area (Å²) in [5.74, 6) is 0.431. The van der Waals surface area contributed by atoms with Crippen LogP contribution >= 0.6 is 0 Å². The Morgan fingerprint density at radius 2 is 2.17 bits per heavy atom. The van der Waals surface area contributed by atoms with Crippen molar-refractivity contribution in [1.29, 1.82) is 0 Å². The van der Waals surface area contributed by atoms with Gasteiger partial charge in [0, 0.05) is 5.69 Å². The van der Waals surface area contributed by atoms with Gasteiger partial charge in [0.1, 0.15) is 5.75 Å². The molecule has 0 saturated carbocycles. The van der Waals surface area contributed by atoms with Gasteiger partial charge < -0.3 is 10.1 Å². The molecule has 1 aromatic heterocycles. The number of amides is 1. The minimum Gasteiger partial charge on any atom is -0.495 e. The van der Waals surface area contributed by atoms with Gasteiger partial charge in [-0.2, -0.15) is 5.10 Å². The Labute approximate surface area is 105 Å². The predicted molar refractivity (Wildman–Crippen MR) is 69.0 cm³/mol. The Kier molecular flexibility index (Phi) is 3.32. The zero-order valence-corrected chi connectivity index (χ0v) is 10.6. The summed E-state index contributed by atoms with van der Waals surface area (Å²) >= 11 is 0. The Balaban J connectivity index is 2.27. The normalized spacial score (nSPS) is 10.2. The van der Waals surface area contributed by atoms with Gasteiger partial charge in [0.25, 0.3) is 5.91 Å². The number of nitrogens with zero attached hydrogens (tertiary/aromatic N) is 1. The van der Waals surface area contributed by atoms with E-state index in [1.54, 1.807) is 14.0 Å². The van der Waals surface area contributed by atoms with E-state index in [9.17, 15) is 4.79 Å². The van der Waals surface area contributed by atoms with E-state index in [1.807, 2.05) is 25.1 Å². The number of aromatic nitrogens is 2. The number of benzene rings is 1. The molecule has 2 N–H and O–H groups in total. The lowest BCUT2D eigenvalue weighted by Crippen LogP contribution is -2.13. The van der Waals surface area contributed by atoms with Crippen LogP contribution in [0.5, 0.6) is 5.75 Å². The average molecular weight is 245 g/mol. The Hall–Kier alpha value is -2.30. The number of aryl methyl sites for hydroxylation is 2. The van der Waals surface area contributed by atoms with Crippen LogP contribution in [0, 0.1) is 13.8 Å². The molecule has 2 rings (SSSR count). The fourth-order valence-corrected chi connectivity index (χ4v) is 1.69. The van der Waals surface area contributed by atoms with Crippen LogP contribution < -0.4 is 10.1 Å². The second-order valence-electron chi connectivity index (χ2n) is 4.07. The molecule has 0 radical (unpaired) electrons. The van der Waals surface area contributed by atoms with Crippen LogP contribution in [0.25, 0.3) is 0 Å². The van der Waals surface area contributed by atoms with Crippen molar-refractivity contribution in [2.45, 2.75) is 13.8 Å². The molecule has 0 aliphatic heterocycles. The zero-order valence-electron chi connectivity index (χ0n) is 10.6. The molecule has 0 fully saturated rings. The maximum absolute atomic E-state index is 12.0. The summed E-state index contributed by atoms with van der Waals surface area (Å²) in [5.41, 5.74) is 2.97. The number of nitrogens with one attached hydrogen (secondary N) is 2. The van der Waals surface area contributed by atoms with Crippen molar-refractivity contribution >= 4 is 11.6 Å². The average Bonchev–Trinajstić information content (AvgIpc) is 2.76. The number of hydrogen-bond acceptors (Lipinski definition) is 3. The van der Waals surface area contributed by atoms with Gasteiger partial charge in [-0.25, -0.2) is 0 Å². The van der Waals surface area contributed by atoms with Gasteiger partial charge in [0.15, 0.2) is 0 Å². The smallest absolute Gasteiger partial charge is 0.259 e. The van der Waals surface area contributed by atoms with Crippen LogP contribution in [-0.2, 0) is 0 Å². The maximum atomic E-state index is 12.0. The van der Waals surface area contributed by atoms with Crippen molar-refractivity contribution in [2.24, 2.45) is 0 Å². The van der Waals surface area contributed by atoms with E-state index >= 15 is 0 Å². The summed E-state index contributed by atoms with van der Waals surface area (Å²) in [6.45, 7) is 3.76. The van der Waals surface area contributed by atoms with E-state index in [-0.39, 0.29) is 5.91 Å². The summed E-state index contributed by atoms with van der Waals surface area (Å²) in [6, 6.07) is 5.62. The van der Waals surface area contributed by atoms with Gasteiger partial charge in [0.2, 0.25) is 0 Å². The molecule has 0 aliphatic carbocycles. The van der Waals surface area contributed by atoms with Gasteiger partial charge in [0.05, 0.1) is 24.6 Å². The molecule has 94 valence electrons. The number of carbonyl (C=O) groups excluding carboxylic acids is 1. The van der Waals surface area contributed by atoms with Crippen LogP contribution in [0.3, 0.4) is 0 Å². The van der Waals surface area contributed by atoms with Crippen molar-refractivity contribution in [3.8, 4) is 5.75 Å². The highest BCUT2D eigenvalue weighted by Crippen LogP contribution is 2.25. The number of methoxy groups -OCH3 is 1. The highest BCUT2D eigenvalue weighted by atomic mass is 16.5. The molecule has 0 unspecified atom stereocenters. The third kappa shape index (κ3) is 2.34. The lowest BCUT2D eigenvalue weighted by molar-refractivity contribution is 0.102. The fourth-order valence-electron chi connectivity index (χ4n) is 1.69. The molecule has 5 nitrogen and oxygen atoms in total. The third-order valence-electron chi connectivity index (χ3n) is 2.68. The van der Waals surface area contributed by atoms with Gasteiger partial charge in [-0.05, 0) is 31.5 Å². The summed E-state index contributed by atoms with van der Waals surface area (Å²) in [5, 5.41) is 9.38. The largest absolute Gasteiger partial charge is 0.495 e. The quantitative estimate of drug-likeness (QED) is 0.871. The minimum absolute atomic E-state index is 0.204. The number of carbonyl (C=O) groups is 1. The number of aromatic amines is 1.